The van der Waals surface area contributed by atoms with Gasteiger partial charge < -0.3 is 26.0 Å². The number of aromatic nitrogens is 4. The number of ether oxygens (including phenoxy) is 1. The summed E-state index contributed by atoms with van der Waals surface area (Å²) >= 11 is 0. The van der Waals surface area contributed by atoms with E-state index in [1.54, 1.807) is 29.6 Å². The van der Waals surface area contributed by atoms with Gasteiger partial charge >= 0.3 is 0 Å². The molecular weight excluding hydrogens is 532 g/mol. The van der Waals surface area contributed by atoms with Crippen molar-refractivity contribution in [3.63, 3.8) is 0 Å². The summed E-state index contributed by atoms with van der Waals surface area (Å²) in [6.07, 6.45) is 4.84. The van der Waals surface area contributed by atoms with Crippen LogP contribution in [-0.2, 0) is 16.1 Å². The molecule has 2 aromatic carbocycles. The third-order valence-corrected chi connectivity index (χ3v) is 7.23. The molecule has 0 bridgehead atoms. The molecule has 5 rings (SSSR count). The molecule has 42 heavy (non-hydrogen) atoms. The zero-order chi connectivity index (χ0) is 29.6. The Morgan fingerprint density at radius 2 is 1.90 bits per heavy atom. The Labute approximate surface area is 244 Å². The predicted molar refractivity (Wildman–Crippen MR) is 164 cm³/mol. The molecule has 0 saturated carbocycles. The van der Waals surface area contributed by atoms with Crippen LogP contribution in [0.25, 0.3) is 5.65 Å². The molecule has 2 aromatic heterocycles. The molecule has 3 heterocycles. The van der Waals surface area contributed by atoms with Gasteiger partial charge in [0.2, 0.25) is 17.8 Å². The third-order valence-electron chi connectivity index (χ3n) is 7.23. The standard InChI is InChI=1S/C31H36N8O3/c1-5-27(40)36-26-11-7-10-24(20(26)4)29(41)34-23-9-6-8-21(16-23)17-32-31-38-30(35-22-12-14-42-15-13-22)37-28-25(19(2)3)18-33-39(28)31/h5-11,16,18-19,22H,1,12-15,17H2,2-4H3,(H,34,41)(H,36,40)(H2,32,35,37,38). The number of benzene rings is 2. The SMILES string of the molecule is C=CC(=O)Nc1cccc(C(=O)Nc2cccc(CNc3nc(NC4CCOCC4)nc4c(C(C)C)cnn34)c2)c1C. The minimum atomic E-state index is -0.334. The summed E-state index contributed by atoms with van der Waals surface area (Å²) in [5, 5.41) is 17.2. The average molecular weight is 569 g/mol. The van der Waals surface area contributed by atoms with Crippen molar-refractivity contribution in [2.45, 2.75) is 52.1 Å². The number of nitrogens with one attached hydrogen (secondary N) is 4. The van der Waals surface area contributed by atoms with Crippen LogP contribution < -0.4 is 21.3 Å². The number of carbonyl (C=O) groups is 2. The summed E-state index contributed by atoms with van der Waals surface area (Å²) in [5.74, 6) is 0.779. The van der Waals surface area contributed by atoms with Crippen LogP contribution in [0.2, 0.25) is 0 Å². The molecule has 218 valence electrons. The lowest BCUT2D eigenvalue weighted by atomic mass is 10.1. The lowest BCUT2D eigenvalue weighted by molar-refractivity contribution is -0.111. The molecule has 11 nitrogen and oxygen atoms in total. The van der Waals surface area contributed by atoms with E-state index in [0.717, 1.165) is 42.8 Å². The minimum absolute atomic E-state index is 0.252. The van der Waals surface area contributed by atoms with E-state index in [2.05, 4.69) is 46.8 Å². The Balaban J connectivity index is 1.33. The molecule has 1 saturated heterocycles. The number of carbonyl (C=O) groups excluding carboxylic acids is 2. The van der Waals surface area contributed by atoms with Crippen molar-refractivity contribution in [1.29, 1.82) is 0 Å². The Morgan fingerprint density at radius 1 is 1.12 bits per heavy atom. The Morgan fingerprint density at radius 3 is 2.67 bits per heavy atom. The topological polar surface area (TPSA) is 135 Å². The molecule has 2 amide bonds. The summed E-state index contributed by atoms with van der Waals surface area (Å²) in [4.78, 5) is 34.5. The molecule has 4 aromatic rings. The number of anilines is 4. The van der Waals surface area contributed by atoms with E-state index in [1.165, 1.54) is 6.08 Å². The molecule has 1 aliphatic heterocycles. The second kappa shape index (κ2) is 12.8. The van der Waals surface area contributed by atoms with Crippen molar-refractivity contribution >= 4 is 40.7 Å². The first kappa shape index (κ1) is 28.7. The summed E-state index contributed by atoms with van der Waals surface area (Å²) in [7, 11) is 0. The predicted octanol–water partition coefficient (Wildman–Crippen LogP) is 5.14. The fourth-order valence-corrected chi connectivity index (χ4v) is 4.84. The zero-order valence-corrected chi connectivity index (χ0v) is 24.1. The van der Waals surface area contributed by atoms with Crippen LogP contribution in [0.1, 0.15) is 59.7 Å². The van der Waals surface area contributed by atoms with Crippen LogP contribution in [0.3, 0.4) is 0 Å². The van der Waals surface area contributed by atoms with Crippen LogP contribution in [-0.4, -0.2) is 50.7 Å². The number of fused-ring (bicyclic) bond motifs is 1. The molecule has 1 aliphatic rings. The van der Waals surface area contributed by atoms with Crippen LogP contribution in [0.4, 0.5) is 23.3 Å². The lowest BCUT2D eigenvalue weighted by Gasteiger charge is -2.23. The van der Waals surface area contributed by atoms with E-state index in [-0.39, 0.29) is 23.8 Å². The smallest absolute Gasteiger partial charge is 0.256 e. The molecule has 11 heteroatoms. The largest absolute Gasteiger partial charge is 0.381 e. The van der Waals surface area contributed by atoms with Gasteiger partial charge in [-0.3, -0.25) is 9.59 Å². The first-order valence-electron chi connectivity index (χ1n) is 14.1. The van der Waals surface area contributed by atoms with Crippen molar-refractivity contribution in [2.24, 2.45) is 0 Å². The van der Waals surface area contributed by atoms with E-state index in [1.807, 2.05) is 30.5 Å². The van der Waals surface area contributed by atoms with E-state index in [4.69, 9.17) is 14.7 Å². The van der Waals surface area contributed by atoms with Crippen LogP contribution in [0.5, 0.6) is 0 Å². The van der Waals surface area contributed by atoms with Gasteiger partial charge in [0.1, 0.15) is 0 Å². The summed E-state index contributed by atoms with van der Waals surface area (Å²) in [6.45, 7) is 11.4. The van der Waals surface area contributed by atoms with Crippen LogP contribution in [0.15, 0.2) is 61.3 Å². The highest BCUT2D eigenvalue weighted by Gasteiger charge is 2.19. The maximum atomic E-state index is 13.1. The zero-order valence-electron chi connectivity index (χ0n) is 24.1. The average Bonchev–Trinajstić information content (AvgIpc) is 3.42. The molecule has 4 N–H and O–H groups in total. The lowest BCUT2D eigenvalue weighted by Crippen LogP contribution is -2.29. The van der Waals surface area contributed by atoms with Crippen molar-refractivity contribution in [3.8, 4) is 0 Å². The third kappa shape index (κ3) is 6.58. The normalized spacial score (nSPS) is 13.6. The maximum absolute atomic E-state index is 13.1. The van der Waals surface area contributed by atoms with Gasteiger partial charge in [-0.15, -0.1) is 0 Å². The fraction of sp³-hybridized carbons (Fsp3) is 0.323. The molecular formula is C31H36N8O3. The molecule has 0 unspecified atom stereocenters. The summed E-state index contributed by atoms with van der Waals surface area (Å²) < 4.78 is 7.23. The summed E-state index contributed by atoms with van der Waals surface area (Å²) in [5.41, 5.74) is 5.10. The van der Waals surface area contributed by atoms with Gasteiger partial charge in [-0.25, -0.2) is 0 Å². The number of rotatable bonds is 10. The van der Waals surface area contributed by atoms with Gasteiger partial charge in [0.05, 0.1) is 6.20 Å². The molecule has 0 atom stereocenters. The first-order chi connectivity index (χ1) is 20.3. The fourth-order valence-electron chi connectivity index (χ4n) is 4.84. The van der Waals surface area contributed by atoms with Gasteiger partial charge in [0.15, 0.2) is 5.65 Å². The van der Waals surface area contributed by atoms with Gasteiger partial charge in [-0.2, -0.15) is 19.6 Å². The first-order valence-corrected chi connectivity index (χ1v) is 14.1. The number of amides is 2. The van der Waals surface area contributed by atoms with Crippen LogP contribution >= 0.6 is 0 Å². The molecule has 0 spiro atoms. The van der Waals surface area contributed by atoms with Gasteiger partial charge in [-0.05, 0) is 67.2 Å². The minimum Gasteiger partial charge on any atom is -0.381 e. The maximum Gasteiger partial charge on any atom is 0.256 e. The summed E-state index contributed by atoms with van der Waals surface area (Å²) in [6, 6.07) is 13.1. The second-order valence-electron chi connectivity index (χ2n) is 10.6. The van der Waals surface area contributed by atoms with Crippen molar-refractivity contribution < 1.29 is 14.3 Å². The Kier molecular flexibility index (Phi) is 8.77. The molecule has 0 aliphatic carbocycles. The van der Waals surface area contributed by atoms with E-state index < -0.39 is 0 Å². The van der Waals surface area contributed by atoms with Crippen LogP contribution in [0, 0.1) is 6.92 Å². The van der Waals surface area contributed by atoms with E-state index >= 15 is 0 Å². The second-order valence-corrected chi connectivity index (χ2v) is 10.6. The van der Waals surface area contributed by atoms with Gasteiger partial charge in [0, 0.05) is 48.3 Å². The number of hydrogen-bond acceptors (Lipinski definition) is 8. The Bertz CT molecular complexity index is 1610. The van der Waals surface area contributed by atoms with Gasteiger partial charge in [0.25, 0.3) is 5.91 Å². The quantitative estimate of drug-likeness (QED) is 0.193. The van der Waals surface area contributed by atoms with Crippen molar-refractivity contribution in [1.82, 2.24) is 19.6 Å². The number of nitrogens with zero attached hydrogens (tertiary/aromatic N) is 4. The number of hydrogen-bond donors (Lipinski definition) is 4. The van der Waals surface area contributed by atoms with Gasteiger partial charge in [-0.1, -0.05) is 38.6 Å². The van der Waals surface area contributed by atoms with Crippen molar-refractivity contribution in [3.05, 3.63) is 83.6 Å². The highest BCUT2D eigenvalue weighted by molar-refractivity contribution is 6.07. The highest BCUT2D eigenvalue weighted by Crippen LogP contribution is 2.24. The van der Waals surface area contributed by atoms with E-state index in [0.29, 0.717) is 40.9 Å². The van der Waals surface area contributed by atoms with Crippen molar-refractivity contribution in [2.75, 3.05) is 34.5 Å². The Hall–Kier alpha value is -4.77. The monoisotopic (exact) mass is 568 g/mol. The highest BCUT2D eigenvalue weighted by atomic mass is 16.5. The molecule has 1 fully saturated rings. The van der Waals surface area contributed by atoms with E-state index in [9.17, 15) is 9.59 Å². The molecule has 0 radical (unpaired) electrons.